The van der Waals surface area contributed by atoms with Crippen LogP contribution in [0.5, 0.6) is 11.5 Å². The second kappa shape index (κ2) is 11.5. The molecular weight excluding hydrogens is 460 g/mol. The lowest BCUT2D eigenvalue weighted by Crippen LogP contribution is -2.32. The summed E-state index contributed by atoms with van der Waals surface area (Å²) >= 11 is 0. The fraction of sp³-hybridized carbons (Fsp3) is 0.348. The number of rotatable bonds is 12. The number of benzene rings is 2. The van der Waals surface area contributed by atoms with Gasteiger partial charge >= 0.3 is 0 Å². The first kappa shape index (κ1) is 25.0. The molecule has 0 aliphatic heterocycles. The van der Waals surface area contributed by atoms with Crippen LogP contribution in [0, 0.1) is 0 Å². The fourth-order valence-electron chi connectivity index (χ4n) is 3.19. The summed E-state index contributed by atoms with van der Waals surface area (Å²) in [5, 5.41) is 6.66. The zero-order chi connectivity index (χ0) is 24.6. The summed E-state index contributed by atoms with van der Waals surface area (Å²) in [5.41, 5.74) is 1.28. The van der Waals surface area contributed by atoms with Gasteiger partial charge in [-0.3, -0.25) is 9.10 Å². The molecule has 34 heavy (non-hydrogen) atoms. The number of nitrogens with one attached hydrogen (secondary N) is 1. The largest absolute Gasteiger partial charge is 0.497 e. The zero-order valence-corrected chi connectivity index (χ0v) is 20.2. The maximum absolute atomic E-state index is 12.2. The van der Waals surface area contributed by atoms with E-state index < -0.39 is 10.0 Å². The van der Waals surface area contributed by atoms with E-state index in [0.717, 1.165) is 17.6 Å². The van der Waals surface area contributed by atoms with Gasteiger partial charge in [0.25, 0.3) is 0 Å². The third kappa shape index (κ3) is 6.95. The minimum Gasteiger partial charge on any atom is -0.497 e. The van der Waals surface area contributed by atoms with E-state index >= 15 is 0 Å². The van der Waals surface area contributed by atoms with Crippen molar-refractivity contribution in [3.05, 3.63) is 54.4 Å². The lowest BCUT2D eigenvalue weighted by molar-refractivity contribution is -0.121. The number of hydrogen-bond donors (Lipinski definition) is 1. The molecule has 2 aromatic carbocycles. The second-order valence-electron chi connectivity index (χ2n) is 7.38. The molecule has 0 radical (unpaired) electrons. The van der Waals surface area contributed by atoms with E-state index in [9.17, 15) is 13.2 Å². The van der Waals surface area contributed by atoms with Crippen LogP contribution in [0.2, 0.25) is 0 Å². The van der Waals surface area contributed by atoms with Gasteiger partial charge < -0.3 is 19.3 Å². The third-order valence-corrected chi connectivity index (χ3v) is 6.05. The molecule has 1 N–H and O–H groups in total. The number of anilines is 1. The van der Waals surface area contributed by atoms with Gasteiger partial charge in [-0.1, -0.05) is 5.16 Å². The second-order valence-corrected chi connectivity index (χ2v) is 9.29. The Kier molecular flexibility index (Phi) is 8.47. The molecule has 3 rings (SSSR count). The number of ether oxygens (including phenoxy) is 2. The van der Waals surface area contributed by atoms with E-state index in [1.54, 1.807) is 24.3 Å². The van der Waals surface area contributed by atoms with Crippen molar-refractivity contribution >= 4 is 21.6 Å². The highest BCUT2D eigenvalue weighted by atomic mass is 32.2. The first-order chi connectivity index (χ1) is 16.3. The highest BCUT2D eigenvalue weighted by Crippen LogP contribution is 2.22. The highest BCUT2D eigenvalue weighted by molar-refractivity contribution is 7.92. The van der Waals surface area contributed by atoms with Crippen molar-refractivity contribution in [1.29, 1.82) is 0 Å². The SMILES string of the molecule is CCOc1ccc(-c2noc(CNC(=O)CCCN(c3ccc(OC)cc3)S(C)(=O)=O)n2)cc1. The quantitative estimate of drug-likeness (QED) is 0.413. The van der Waals surface area contributed by atoms with Gasteiger partial charge in [-0.05, 0) is 61.9 Å². The van der Waals surface area contributed by atoms with Crippen molar-refractivity contribution in [1.82, 2.24) is 15.5 Å². The van der Waals surface area contributed by atoms with Gasteiger partial charge in [-0.25, -0.2) is 8.42 Å². The molecule has 0 aliphatic rings. The summed E-state index contributed by atoms with van der Waals surface area (Å²) in [7, 11) is -1.96. The van der Waals surface area contributed by atoms with Crippen LogP contribution in [0.1, 0.15) is 25.7 Å². The van der Waals surface area contributed by atoms with Crippen molar-refractivity contribution in [3.63, 3.8) is 0 Å². The van der Waals surface area contributed by atoms with E-state index in [-0.39, 0.29) is 31.3 Å². The van der Waals surface area contributed by atoms with Crippen LogP contribution in [0.4, 0.5) is 5.69 Å². The van der Waals surface area contributed by atoms with Crippen molar-refractivity contribution in [2.45, 2.75) is 26.3 Å². The molecule has 182 valence electrons. The summed E-state index contributed by atoms with van der Waals surface area (Å²) in [6.07, 6.45) is 1.61. The lowest BCUT2D eigenvalue weighted by Gasteiger charge is -2.22. The summed E-state index contributed by atoms with van der Waals surface area (Å²) in [5.74, 6) is 1.82. The Morgan fingerprint density at radius 1 is 1.09 bits per heavy atom. The lowest BCUT2D eigenvalue weighted by atomic mass is 10.2. The molecule has 11 heteroatoms. The Balaban J connectivity index is 1.49. The van der Waals surface area contributed by atoms with Crippen LogP contribution in [0.15, 0.2) is 53.1 Å². The van der Waals surface area contributed by atoms with E-state index in [0.29, 0.717) is 30.3 Å². The Labute approximate surface area is 198 Å². The number of nitrogens with zero attached hydrogens (tertiary/aromatic N) is 3. The Bertz CT molecular complexity index is 1180. The van der Waals surface area contributed by atoms with E-state index in [1.165, 1.54) is 11.4 Å². The Morgan fingerprint density at radius 3 is 2.38 bits per heavy atom. The predicted octanol–water partition coefficient (Wildman–Crippen LogP) is 3.01. The van der Waals surface area contributed by atoms with Gasteiger partial charge in [0.05, 0.1) is 32.2 Å². The first-order valence-corrected chi connectivity index (χ1v) is 12.6. The van der Waals surface area contributed by atoms with Crippen LogP contribution in [0.3, 0.4) is 0 Å². The third-order valence-electron chi connectivity index (χ3n) is 4.85. The maximum Gasteiger partial charge on any atom is 0.246 e. The molecule has 0 atom stereocenters. The number of sulfonamides is 1. The average molecular weight is 489 g/mol. The molecule has 0 unspecified atom stereocenters. The predicted molar refractivity (Wildman–Crippen MR) is 127 cm³/mol. The number of aromatic nitrogens is 2. The summed E-state index contributed by atoms with van der Waals surface area (Å²) in [6.45, 7) is 2.74. The topological polar surface area (TPSA) is 124 Å². The average Bonchev–Trinajstić information content (AvgIpc) is 3.30. The number of amides is 1. The van der Waals surface area contributed by atoms with Crippen LogP contribution < -0.4 is 19.1 Å². The van der Waals surface area contributed by atoms with Gasteiger partial charge in [0.1, 0.15) is 11.5 Å². The number of carbonyl (C=O) groups is 1. The molecule has 10 nitrogen and oxygen atoms in total. The van der Waals surface area contributed by atoms with Crippen LogP contribution in [-0.4, -0.2) is 51.0 Å². The minimum atomic E-state index is -3.50. The van der Waals surface area contributed by atoms with Gasteiger partial charge in [0.2, 0.25) is 27.6 Å². The highest BCUT2D eigenvalue weighted by Gasteiger charge is 2.18. The number of carbonyl (C=O) groups excluding carboxylic acids is 1. The molecule has 0 saturated carbocycles. The monoisotopic (exact) mass is 488 g/mol. The van der Waals surface area contributed by atoms with Gasteiger partial charge in [-0.2, -0.15) is 4.98 Å². The van der Waals surface area contributed by atoms with Crippen LogP contribution >= 0.6 is 0 Å². The first-order valence-electron chi connectivity index (χ1n) is 10.7. The van der Waals surface area contributed by atoms with E-state index in [4.69, 9.17) is 14.0 Å². The summed E-state index contributed by atoms with van der Waals surface area (Å²) < 4.78 is 41.4. The molecule has 1 heterocycles. The summed E-state index contributed by atoms with van der Waals surface area (Å²) in [4.78, 5) is 16.5. The normalized spacial score (nSPS) is 11.1. The Morgan fingerprint density at radius 2 is 1.76 bits per heavy atom. The number of hydrogen-bond acceptors (Lipinski definition) is 8. The molecule has 0 fully saturated rings. The molecular formula is C23H28N4O6S. The van der Waals surface area contributed by atoms with Crippen molar-refractivity contribution < 1.29 is 27.2 Å². The fourth-order valence-corrected chi connectivity index (χ4v) is 4.16. The molecule has 0 saturated heterocycles. The van der Waals surface area contributed by atoms with Crippen molar-refractivity contribution in [3.8, 4) is 22.9 Å². The zero-order valence-electron chi connectivity index (χ0n) is 19.4. The smallest absolute Gasteiger partial charge is 0.246 e. The molecule has 0 spiro atoms. The van der Waals surface area contributed by atoms with Gasteiger partial charge in [0, 0.05) is 18.5 Å². The number of methoxy groups -OCH3 is 1. The molecule has 1 amide bonds. The molecule has 0 aliphatic carbocycles. The maximum atomic E-state index is 12.2. The molecule has 0 bridgehead atoms. The minimum absolute atomic E-state index is 0.0805. The van der Waals surface area contributed by atoms with Crippen LogP contribution in [-0.2, 0) is 21.4 Å². The summed E-state index contributed by atoms with van der Waals surface area (Å²) in [6, 6.07) is 14.0. The van der Waals surface area contributed by atoms with Gasteiger partial charge in [-0.15, -0.1) is 0 Å². The van der Waals surface area contributed by atoms with E-state index in [2.05, 4.69) is 15.5 Å². The molecule has 1 aromatic heterocycles. The Hall–Kier alpha value is -3.60. The van der Waals surface area contributed by atoms with Crippen molar-refractivity contribution in [2.24, 2.45) is 0 Å². The standard InChI is InChI=1S/C23H28N4O6S/c1-4-32-20-11-7-17(8-12-20)23-25-22(33-26-23)16-24-21(28)6-5-15-27(34(3,29)30)18-9-13-19(31-2)14-10-18/h7-14H,4-6,15-16H2,1-3H3,(H,24,28). The van der Waals surface area contributed by atoms with Gasteiger partial charge in [0.15, 0.2) is 0 Å². The van der Waals surface area contributed by atoms with Crippen LogP contribution in [0.25, 0.3) is 11.4 Å². The van der Waals surface area contributed by atoms with Crippen molar-refractivity contribution in [2.75, 3.05) is 30.8 Å². The molecule has 3 aromatic rings. The van der Waals surface area contributed by atoms with E-state index in [1.807, 2.05) is 31.2 Å².